The molecular weight excluding hydrogens is 332 g/mol. The molecule has 1 amide bonds. The first-order valence-corrected chi connectivity index (χ1v) is 8.79. The summed E-state index contributed by atoms with van der Waals surface area (Å²) in [5.74, 6) is -0.142. The number of amides is 1. The van der Waals surface area contributed by atoms with Crippen molar-refractivity contribution in [2.75, 3.05) is 6.61 Å². The molecule has 1 atom stereocenters. The van der Waals surface area contributed by atoms with Crippen LogP contribution >= 0.6 is 0 Å². The average Bonchev–Trinajstić information content (AvgIpc) is 3.14. The van der Waals surface area contributed by atoms with Crippen molar-refractivity contribution in [3.63, 3.8) is 0 Å². The summed E-state index contributed by atoms with van der Waals surface area (Å²) in [7, 11) is 0. The Labute approximate surface area is 153 Å². The van der Waals surface area contributed by atoms with E-state index in [4.69, 9.17) is 9.47 Å². The molecule has 0 radical (unpaired) electrons. The zero-order chi connectivity index (χ0) is 18.4. The van der Waals surface area contributed by atoms with Crippen molar-refractivity contribution < 1.29 is 14.3 Å². The first kappa shape index (κ1) is 18.3. The Balaban J connectivity index is 1.53. The Morgan fingerprint density at radius 2 is 2.19 bits per heavy atom. The molecule has 7 nitrogen and oxygen atoms in total. The molecule has 138 valence electrons. The van der Waals surface area contributed by atoms with Crippen LogP contribution in [-0.2, 0) is 27.4 Å². The highest BCUT2D eigenvalue weighted by molar-refractivity contribution is 5.91. The fourth-order valence-corrected chi connectivity index (χ4v) is 2.61. The molecule has 1 fully saturated rings. The molecule has 1 saturated heterocycles. The summed E-state index contributed by atoms with van der Waals surface area (Å²) in [5, 5.41) is 11.1. The van der Waals surface area contributed by atoms with E-state index in [1.165, 1.54) is 0 Å². The second-order valence-corrected chi connectivity index (χ2v) is 6.39. The molecule has 1 aromatic carbocycles. The molecule has 1 N–H and O–H groups in total. The largest absolute Gasteiger partial charge is 0.353 e. The van der Waals surface area contributed by atoms with E-state index in [1.54, 1.807) is 11.6 Å². The maximum absolute atomic E-state index is 11.5. The van der Waals surface area contributed by atoms with Gasteiger partial charge in [-0.15, -0.1) is 5.10 Å². The summed E-state index contributed by atoms with van der Waals surface area (Å²) in [6.07, 6.45) is 4.88. The minimum Gasteiger partial charge on any atom is -0.353 e. The molecule has 0 spiro atoms. The van der Waals surface area contributed by atoms with Crippen molar-refractivity contribution >= 4 is 5.91 Å². The average molecular weight is 356 g/mol. The minimum atomic E-state index is -0.142. The van der Waals surface area contributed by atoms with E-state index in [1.807, 2.05) is 30.5 Å². The molecule has 1 aliphatic rings. The van der Waals surface area contributed by atoms with Gasteiger partial charge in [0, 0.05) is 18.7 Å². The third-order valence-corrected chi connectivity index (χ3v) is 4.14. The number of hydrogen-bond acceptors (Lipinski definition) is 5. The van der Waals surface area contributed by atoms with Gasteiger partial charge in [-0.25, -0.2) is 4.68 Å². The van der Waals surface area contributed by atoms with E-state index in [-0.39, 0.29) is 12.2 Å². The van der Waals surface area contributed by atoms with Gasteiger partial charge in [0.1, 0.15) is 5.69 Å². The van der Waals surface area contributed by atoms with E-state index in [0.29, 0.717) is 18.7 Å². The number of carbonyl (C=O) groups is 1. The highest BCUT2D eigenvalue weighted by Crippen LogP contribution is 2.15. The Bertz CT molecular complexity index is 748. The van der Waals surface area contributed by atoms with Crippen LogP contribution in [-0.4, -0.2) is 33.8 Å². The summed E-state index contributed by atoms with van der Waals surface area (Å²) in [5.41, 5.74) is 3.16. The molecule has 2 heterocycles. The molecule has 0 saturated carbocycles. The van der Waals surface area contributed by atoms with Crippen molar-refractivity contribution in [1.82, 2.24) is 20.3 Å². The van der Waals surface area contributed by atoms with Crippen LogP contribution in [0.3, 0.4) is 0 Å². The lowest BCUT2D eigenvalue weighted by Crippen LogP contribution is -2.22. The maximum Gasteiger partial charge on any atom is 0.246 e. The van der Waals surface area contributed by atoms with Crippen molar-refractivity contribution in [2.24, 2.45) is 0 Å². The van der Waals surface area contributed by atoms with Crippen LogP contribution in [0.2, 0.25) is 0 Å². The molecule has 0 bridgehead atoms. The summed E-state index contributed by atoms with van der Waals surface area (Å²) < 4.78 is 13.0. The van der Waals surface area contributed by atoms with E-state index in [2.05, 4.69) is 22.2 Å². The fourth-order valence-electron chi connectivity index (χ4n) is 2.61. The number of aromatic nitrogens is 3. The van der Waals surface area contributed by atoms with Crippen molar-refractivity contribution in [3.8, 4) is 5.69 Å². The highest BCUT2D eigenvalue weighted by Gasteiger charge is 2.15. The normalized spacial score (nSPS) is 17.0. The highest BCUT2D eigenvalue weighted by atomic mass is 16.7. The monoisotopic (exact) mass is 356 g/mol. The predicted octanol–water partition coefficient (Wildman–Crippen LogP) is 2.50. The van der Waals surface area contributed by atoms with Crippen LogP contribution < -0.4 is 5.32 Å². The fraction of sp³-hybridized carbons (Fsp3) is 0.421. The Morgan fingerprint density at radius 3 is 2.88 bits per heavy atom. The van der Waals surface area contributed by atoms with Crippen molar-refractivity contribution in [1.29, 1.82) is 0 Å². The molecule has 2 aromatic rings. The molecule has 26 heavy (non-hydrogen) atoms. The number of hydrogen-bond donors (Lipinski definition) is 1. The van der Waals surface area contributed by atoms with Crippen molar-refractivity contribution in [2.45, 2.75) is 45.6 Å². The van der Waals surface area contributed by atoms with Gasteiger partial charge >= 0.3 is 0 Å². The van der Waals surface area contributed by atoms with Crippen LogP contribution in [0.15, 0.2) is 42.6 Å². The molecule has 1 aromatic heterocycles. The Morgan fingerprint density at radius 1 is 1.38 bits per heavy atom. The standard InChI is InChI=1S/C19H24N4O3/c1-14(2)19(24)20-11-15-6-8-17(9-7-15)23-12-16(21-22-23)13-26-18-5-3-4-10-25-18/h6-9,12,18H,1,3-5,10-11,13H2,2H3,(H,20,24). The lowest BCUT2D eigenvalue weighted by molar-refractivity contribution is -0.169. The van der Waals surface area contributed by atoms with Crippen LogP contribution in [0.5, 0.6) is 0 Å². The number of ether oxygens (including phenoxy) is 2. The van der Waals surface area contributed by atoms with Gasteiger partial charge in [-0.2, -0.15) is 0 Å². The SMILES string of the molecule is C=C(C)C(=O)NCc1ccc(-n2cc(COC3CCCCO3)nn2)cc1. The van der Waals surface area contributed by atoms with Gasteiger partial charge < -0.3 is 14.8 Å². The van der Waals surface area contributed by atoms with E-state index in [0.717, 1.165) is 42.8 Å². The number of benzene rings is 1. The van der Waals surface area contributed by atoms with E-state index >= 15 is 0 Å². The number of nitrogens with zero attached hydrogens (tertiary/aromatic N) is 3. The summed E-state index contributed by atoms with van der Waals surface area (Å²) >= 11 is 0. The Hall–Kier alpha value is -2.51. The molecule has 3 rings (SSSR count). The van der Waals surface area contributed by atoms with Gasteiger partial charge in [-0.05, 0) is 43.9 Å². The minimum absolute atomic E-state index is 0.136. The van der Waals surface area contributed by atoms with E-state index < -0.39 is 0 Å². The first-order valence-electron chi connectivity index (χ1n) is 8.79. The lowest BCUT2D eigenvalue weighted by atomic mass is 10.2. The van der Waals surface area contributed by atoms with Gasteiger partial charge in [0.15, 0.2) is 6.29 Å². The maximum atomic E-state index is 11.5. The van der Waals surface area contributed by atoms with Gasteiger partial charge in [0.25, 0.3) is 0 Å². The third-order valence-electron chi connectivity index (χ3n) is 4.14. The number of nitrogens with one attached hydrogen (secondary N) is 1. The quantitative estimate of drug-likeness (QED) is 0.771. The van der Waals surface area contributed by atoms with Crippen molar-refractivity contribution in [3.05, 3.63) is 53.9 Å². The van der Waals surface area contributed by atoms with Gasteiger partial charge in [0.05, 0.1) is 18.5 Å². The molecule has 1 unspecified atom stereocenters. The van der Waals surface area contributed by atoms with Gasteiger partial charge in [0.2, 0.25) is 5.91 Å². The zero-order valence-electron chi connectivity index (χ0n) is 15.0. The summed E-state index contributed by atoms with van der Waals surface area (Å²) in [4.78, 5) is 11.5. The Kier molecular flexibility index (Phi) is 6.14. The van der Waals surface area contributed by atoms with Gasteiger partial charge in [-0.3, -0.25) is 4.79 Å². The molecule has 1 aliphatic heterocycles. The second kappa shape index (κ2) is 8.73. The smallest absolute Gasteiger partial charge is 0.246 e. The van der Waals surface area contributed by atoms with E-state index in [9.17, 15) is 4.79 Å². The second-order valence-electron chi connectivity index (χ2n) is 6.39. The first-order chi connectivity index (χ1) is 12.6. The summed E-state index contributed by atoms with van der Waals surface area (Å²) in [6.45, 7) is 6.91. The lowest BCUT2D eigenvalue weighted by Gasteiger charge is -2.22. The number of rotatable bonds is 7. The van der Waals surface area contributed by atoms with Crippen LogP contribution in [0.25, 0.3) is 5.69 Å². The van der Waals surface area contributed by atoms with Crippen LogP contribution in [0.1, 0.15) is 37.4 Å². The third kappa shape index (κ3) is 5.00. The predicted molar refractivity (Wildman–Crippen MR) is 96.4 cm³/mol. The zero-order valence-corrected chi connectivity index (χ0v) is 15.0. The molecule has 0 aliphatic carbocycles. The topological polar surface area (TPSA) is 78.3 Å². The molecular formula is C19H24N4O3. The van der Waals surface area contributed by atoms with Crippen LogP contribution in [0.4, 0.5) is 0 Å². The van der Waals surface area contributed by atoms with Crippen LogP contribution in [0, 0.1) is 0 Å². The summed E-state index contributed by atoms with van der Waals surface area (Å²) in [6, 6.07) is 7.77. The molecule has 7 heteroatoms. The van der Waals surface area contributed by atoms with Gasteiger partial charge in [-0.1, -0.05) is 23.9 Å². The number of carbonyl (C=O) groups excluding carboxylic acids is 1.